The molecule has 136 valence electrons. The number of hydrogen-bond donors (Lipinski definition) is 2. The average molecular weight is 359 g/mol. The smallest absolute Gasteiger partial charge is 0.252 e. The minimum atomic E-state index is -0.352. The number of nitrogens with zero attached hydrogens (tertiary/aromatic N) is 1. The zero-order valence-electron chi connectivity index (χ0n) is 15.6. The van der Waals surface area contributed by atoms with Crippen molar-refractivity contribution in [3.63, 3.8) is 0 Å². The number of pyridine rings is 1. The summed E-state index contributed by atoms with van der Waals surface area (Å²) in [5.74, 6) is -0.273. The molecule has 0 unspecified atom stereocenters. The van der Waals surface area contributed by atoms with Gasteiger partial charge >= 0.3 is 0 Å². The van der Waals surface area contributed by atoms with Gasteiger partial charge in [0.05, 0.1) is 23.5 Å². The summed E-state index contributed by atoms with van der Waals surface area (Å²) in [6.45, 7) is 5.83. The largest absolute Gasteiger partial charge is 0.345 e. The Labute approximate surface area is 157 Å². The van der Waals surface area contributed by atoms with E-state index >= 15 is 0 Å². The zero-order valence-corrected chi connectivity index (χ0v) is 15.6. The van der Waals surface area contributed by atoms with Gasteiger partial charge in [-0.2, -0.15) is 0 Å². The highest BCUT2D eigenvalue weighted by atomic mass is 16.2. The Kier molecular flexibility index (Phi) is 4.15. The van der Waals surface area contributed by atoms with E-state index < -0.39 is 0 Å². The molecule has 5 nitrogen and oxygen atoms in total. The number of rotatable bonds is 2. The van der Waals surface area contributed by atoms with Crippen LogP contribution in [-0.2, 0) is 4.79 Å². The highest BCUT2D eigenvalue weighted by Crippen LogP contribution is 2.31. The fourth-order valence-electron chi connectivity index (χ4n) is 3.66. The van der Waals surface area contributed by atoms with E-state index in [9.17, 15) is 9.59 Å². The molecule has 27 heavy (non-hydrogen) atoms. The van der Waals surface area contributed by atoms with Crippen LogP contribution in [0.4, 0.5) is 5.69 Å². The maximum Gasteiger partial charge on any atom is 0.252 e. The van der Waals surface area contributed by atoms with Gasteiger partial charge in [-0.3, -0.25) is 14.6 Å². The molecule has 1 aliphatic rings. The second-order valence-corrected chi connectivity index (χ2v) is 7.08. The predicted octanol–water partition coefficient (Wildman–Crippen LogP) is 3.97. The molecule has 1 aromatic heterocycles. The Bertz CT molecular complexity index is 1090. The first-order valence-electron chi connectivity index (χ1n) is 9.01. The van der Waals surface area contributed by atoms with Crippen molar-refractivity contribution in [3.05, 3.63) is 70.4 Å². The lowest BCUT2D eigenvalue weighted by Gasteiger charge is -2.27. The van der Waals surface area contributed by atoms with Crippen LogP contribution in [0.2, 0.25) is 0 Å². The second-order valence-electron chi connectivity index (χ2n) is 7.08. The number of carbonyl (C=O) groups excluding carboxylic acids is 2. The van der Waals surface area contributed by atoms with Crippen molar-refractivity contribution in [1.29, 1.82) is 0 Å². The van der Waals surface area contributed by atoms with E-state index in [0.29, 0.717) is 5.56 Å². The summed E-state index contributed by atoms with van der Waals surface area (Å²) in [5, 5.41) is 6.77. The van der Waals surface area contributed by atoms with Crippen molar-refractivity contribution in [2.24, 2.45) is 0 Å². The van der Waals surface area contributed by atoms with E-state index in [2.05, 4.69) is 15.6 Å². The van der Waals surface area contributed by atoms with Gasteiger partial charge in [0.15, 0.2) is 0 Å². The van der Waals surface area contributed by atoms with E-state index in [1.807, 2.05) is 63.2 Å². The number of hydrogen-bond acceptors (Lipinski definition) is 3. The van der Waals surface area contributed by atoms with Crippen LogP contribution >= 0.6 is 0 Å². The summed E-state index contributed by atoms with van der Waals surface area (Å²) in [5.41, 5.74) is 5.87. The fraction of sp³-hybridized carbons (Fsp3) is 0.227. The number of fused-ring (bicyclic) bond motifs is 2. The SMILES string of the molecule is Cc1ccc2nc(C)c(C)c(C(=O)N[C@H]3CC(=O)Nc4ccccc43)c2c1. The number of aryl methyl sites for hydroxylation is 2. The Morgan fingerprint density at radius 3 is 2.74 bits per heavy atom. The Morgan fingerprint density at radius 2 is 1.93 bits per heavy atom. The van der Waals surface area contributed by atoms with Gasteiger partial charge < -0.3 is 10.6 Å². The lowest BCUT2D eigenvalue weighted by atomic mass is 9.95. The molecule has 4 rings (SSSR count). The number of para-hydroxylation sites is 1. The zero-order chi connectivity index (χ0) is 19.1. The van der Waals surface area contributed by atoms with Gasteiger partial charge in [-0.25, -0.2) is 0 Å². The Morgan fingerprint density at radius 1 is 1.15 bits per heavy atom. The molecule has 0 radical (unpaired) electrons. The second kappa shape index (κ2) is 6.50. The Hall–Kier alpha value is -3.21. The van der Waals surface area contributed by atoms with Crippen LogP contribution < -0.4 is 10.6 Å². The maximum atomic E-state index is 13.3. The molecule has 2 N–H and O–H groups in total. The van der Waals surface area contributed by atoms with Crippen molar-refractivity contribution in [2.45, 2.75) is 33.2 Å². The molecule has 2 amide bonds. The lowest BCUT2D eigenvalue weighted by molar-refractivity contribution is -0.116. The standard InChI is InChI=1S/C22H21N3O2/c1-12-8-9-18-16(10-12)21(13(2)14(3)23-18)22(27)25-19-11-20(26)24-17-7-5-4-6-15(17)19/h4-10,19H,11H2,1-3H3,(H,24,26)(H,25,27)/t19-/m0/s1. The molecule has 2 aromatic carbocycles. The van der Waals surface area contributed by atoms with Crippen LogP contribution in [-0.4, -0.2) is 16.8 Å². The van der Waals surface area contributed by atoms with Gasteiger partial charge in [0.1, 0.15) is 0 Å². The first-order valence-corrected chi connectivity index (χ1v) is 9.01. The number of aromatic nitrogens is 1. The van der Waals surface area contributed by atoms with Crippen molar-refractivity contribution in [1.82, 2.24) is 10.3 Å². The average Bonchev–Trinajstić information content (AvgIpc) is 2.63. The summed E-state index contributed by atoms with van der Waals surface area (Å²) >= 11 is 0. The predicted molar refractivity (Wildman–Crippen MR) is 106 cm³/mol. The van der Waals surface area contributed by atoms with Gasteiger partial charge in [0.25, 0.3) is 5.91 Å². The summed E-state index contributed by atoms with van der Waals surface area (Å²) < 4.78 is 0. The molecule has 0 aliphatic carbocycles. The number of carbonyl (C=O) groups is 2. The van der Waals surface area contributed by atoms with Crippen LogP contribution in [0, 0.1) is 20.8 Å². The third-order valence-electron chi connectivity index (χ3n) is 5.16. The van der Waals surface area contributed by atoms with Crippen molar-refractivity contribution >= 4 is 28.4 Å². The van der Waals surface area contributed by atoms with Crippen molar-refractivity contribution < 1.29 is 9.59 Å². The van der Waals surface area contributed by atoms with E-state index in [1.165, 1.54) is 0 Å². The normalized spacial score (nSPS) is 16.0. The highest BCUT2D eigenvalue weighted by molar-refractivity contribution is 6.08. The monoisotopic (exact) mass is 359 g/mol. The summed E-state index contributed by atoms with van der Waals surface area (Å²) in [6, 6.07) is 13.1. The number of benzene rings is 2. The minimum absolute atomic E-state index is 0.0951. The molecule has 0 saturated heterocycles. The molecule has 1 aliphatic heterocycles. The van der Waals surface area contributed by atoms with Gasteiger partial charge in [0, 0.05) is 16.8 Å². The minimum Gasteiger partial charge on any atom is -0.345 e. The molecular weight excluding hydrogens is 338 g/mol. The first kappa shape index (κ1) is 17.2. The molecule has 0 bridgehead atoms. The van der Waals surface area contributed by atoms with Gasteiger partial charge in [-0.05, 0) is 50.1 Å². The molecule has 0 saturated carbocycles. The van der Waals surface area contributed by atoms with Crippen LogP contribution in [0.25, 0.3) is 10.9 Å². The van der Waals surface area contributed by atoms with Crippen molar-refractivity contribution in [2.75, 3.05) is 5.32 Å². The van der Waals surface area contributed by atoms with Crippen molar-refractivity contribution in [3.8, 4) is 0 Å². The highest BCUT2D eigenvalue weighted by Gasteiger charge is 2.27. The molecule has 5 heteroatoms. The van der Waals surface area contributed by atoms with E-state index in [-0.39, 0.29) is 24.3 Å². The summed E-state index contributed by atoms with van der Waals surface area (Å²) in [4.78, 5) is 29.9. The third kappa shape index (κ3) is 3.05. The van der Waals surface area contributed by atoms with E-state index in [0.717, 1.165) is 39.0 Å². The summed E-state index contributed by atoms with van der Waals surface area (Å²) in [7, 11) is 0. The quantitative estimate of drug-likeness (QED) is 0.727. The molecule has 1 atom stereocenters. The maximum absolute atomic E-state index is 13.3. The van der Waals surface area contributed by atoms with Crippen LogP contribution in [0.1, 0.15) is 45.2 Å². The first-order chi connectivity index (χ1) is 12.9. The number of nitrogens with one attached hydrogen (secondary N) is 2. The number of amides is 2. The third-order valence-corrected chi connectivity index (χ3v) is 5.16. The lowest BCUT2D eigenvalue weighted by Crippen LogP contribution is -2.35. The van der Waals surface area contributed by atoms with Crippen LogP contribution in [0.15, 0.2) is 42.5 Å². The topological polar surface area (TPSA) is 71.1 Å². The van der Waals surface area contributed by atoms with E-state index in [4.69, 9.17) is 0 Å². The molecular formula is C22H21N3O2. The molecule has 2 heterocycles. The molecule has 3 aromatic rings. The molecule has 0 spiro atoms. The van der Waals surface area contributed by atoms with Crippen LogP contribution in [0.5, 0.6) is 0 Å². The van der Waals surface area contributed by atoms with Gasteiger partial charge in [-0.1, -0.05) is 29.8 Å². The fourth-order valence-corrected chi connectivity index (χ4v) is 3.66. The molecule has 0 fully saturated rings. The van der Waals surface area contributed by atoms with Crippen LogP contribution in [0.3, 0.4) is 0 Å². The van der Waals surface area contributed by atoms with Gasteiger partial charge in [0.2, 0.25) is 5.91 Å². The number of anilines is 1. The summed E-state index contributed by atoms with van der Waals surface area (Å²) in [6.07, 6.45) is 0.225. The van der Waals surface area contributed by atoms with Gasteiger partial charge in [-0.15, -0.1) is 0 Å². The van der Waals surface area contributed by atoms with E-state index in [1.54, 1.807) is 0 Å². The Balaban J connectivity index is 1.77.